The topological polar surface area (TPSA) is 29.3 Å². The average molecular weight is 220 g/mol. The quantitative estimate of drug-likeness (QED) is 0.765. The third kappa shape index (κ3) is 4.77. The number of rotatable bonds is 7. The minimum atomic E-state index is 0.314. The molecule has 90 valence electrons. The van der Waals surface area contributed by atoms with E-state index in [0.29, 0.717) is 6.04 Å². The van der Waals surface area contributed by atoms with Crippen molar-refractivity contribution in [3.05, 3.63) is 35.9 Å². The Labute approximate surface area is 99.5 Å². The predicted molar refractivity (Wildman–Crippen MR) is 70.3 cm³/mol. The smallest absolute Gasteiger partial charge is 0.0234 e. The van der Waals surface area contributed by atoms with Gasteiger partial charge in [-0.15, -0.1) is 0 Å². The van der Waals surface area contributed by atoms with Crippen LogP contribution in [0.4, 0.5) is 0 Å². The van der Waals surface area contributed by atoms with Crippen molar-refractivity contribution in [1.82, 2.24) is 4.90 Å². The van der Waals surface area contributed by atoms with E-state index in [9.17, 15) is 0 Å². The second-order valence-electron chi connectivity index (χ2n) is 4.36. The van der Waals surface area contributed by atoms with Gasteiger partial charge in [-0.2, -0.15) is 0 Å². The van der Waals surface area contributed by atoms with Gasteiger partial charge in [-0.1, -0.05) is 50.6 Å². The van der Waals surface area contributed by atoms with Crippen molar-refractivity contribution in [1.29, 1.82) is 0 Å². The van der Waals surface area contributed by atoms with Crippen LogP contribution in [0.1, 0.15) is 32.3 Å². The van der Waals surface area contributed by atoms with Crippen molar-refractivity contribution in [3.8, 4) is 0 Å². The lowest BCUT2D eigenvalue weighted by atomic mass is 10.1. The molecule has 1 rings (SSSR count). The Hall–Kier alpha value is -0.860. The highest BCUT2D eigenvalue weighted by atomic mass is 15.1. The number of hydrogen-bond acceptors (Lipinski definition) is 2. The van der Waals surface area contributed by atoms with E-state index < -0.39 is 0 Å². The molecule has 1 atom stereocenters. The number of benzene rings is 1. The summed E-state index contributed by atoms with van der Waals surface area (Å²) in [5.41, 5.74) is 7.44. The molecule has 0 radical (unpaired) electrons. The third-order valence-corrected chi connectivity index (χ3v) is 2.85. The van der Waals surface area contributed by atoms with Crippen LogP contribution in [0.3, 0.4) is 0 Å². The zero-order valence-corrected chi connectivity index (χ0v) is 10.5. The molecule has 0 unspecified atom stereocenters. The molecule has 0 aliphatic carbocycles. The van der Waals surface area contributed by atoms with E-state index in [1.165, 1.54) is 12.0 Å². The summed E-state index contributed by atoms with van der Waals surface area (Å²) >= 11 is 0. The first kappa shape index (κ1) is 13.2. The lowest BCUT2D eigenvalue weighted by molar-refractivity contribution is 0.256. The van der Waals surface area contributed by atoms with Crippen molar-refractivity contribution in [2.75, 3.05) is 13.1 Å². The van der Waals surface area contributed by atoms with E-state index in [-0.39, 0.29) is 0 Å². The molecule has 1 aromatic carbocycles. The van der Waals surface area contributed by atoms with Crippen molar-refractivity contribution in [3.63, 3.8) is 0 Å². The summed E-state index contributed by atoms with van der Waals surface area (Å²) in [6, 6.07) is 10.9. The molecule has 2 N–H and O–H groups in total. The molecule has 0 heterocycles. The fourth-order valence-electron chi connectivity index (χ4n) is 1.94. The third-order valence-electron chi connectivity index (χ3n) is 2.85. The van der Waals surface area contributed by atoms with Gasteiger partial charge in [0.15, 0.2) is 0 Å². The van der Waals surface area contributed by atoms with Crippen LogP contribution in [-0.4, -0.2) is 24.0 Å². The van der Waals surface area contributed by atoms with Crippen LogP contribution < -0.4 is 5.73 Å². The van der Waals surface area contributed by atoms with Gasteiger partial charge in [0.25, 0.3) is 0 Å². The Bertz CT molecular complexity index is 271. The van der Waals surface area contributed by atoms with Crippen LogP contribution in [0, 0.1) is 0 Å². The van der Waals surface area contributed by atoms with Crippen LogP contribution in [0.5, 0.6) is 0 Å². The van der Waals surface area contributed by atoms with Crippen LogP contribution in [-0.2, 0) is 6.54 Å². The average Bonchev–Trinajstić information content (AvgIpc) is 2.30. The number of nitrogens with two attached hydrogens (primary N) is 1. The van der Waals surface area contributed by atoms with Gasteiger partial charge in [0.2, 0.25) is 0 Å². The lowest BCUT2D eigenvalue weighted by Crippen LogP contribution is -2.37. The maximum absolute atomic E-state index is 6.07. The van der Waals surface area contributed by atoms with Crippen molar-refractivity contribution >= 4 is 0 Å². The molecule has 0 spiro atoms. The Kier molecular flexibility index (Phi) is 6.12. The molecule has 1 aromatic rings. The molecule has 0 amide bonds. The monoisotopic (exact) mass is 220 g/mol. The minimum Gasteiger partial charge on any atom is -0.327 e. The highest BCUT2D eigenvalue weighted by Gasteiger charge is 2.08. The summed E-state index contributed by atoms with van der Waals surface area (Å²) < 4.78 is 0. The first-order valence-electron chi connectivity index (χ1n) is 6.28. The summed E-state index contributed by atoms with van der Waals surface area (Å²) in [7, 11) is 0. The first-order valence-corrected chi connectivity index (χ1v) is 6.28. The molecule has 2 heteroatoms. The van der Waals surface area contributed by atoms with Crippen LogP contribution in [0.2, 0.25) is 0 Å². The largest absolute Gasteiger partial charge is 0.327 e. The van der Waals surface area contributed by atoms with Crippen molar-refractivity contribution < 1.29 is 0 Å². The molecule has 0 bridgehead atoms. The Morgan fingerprint density at radius 3 is 2.44 bits per heavy atom. The van der Waals surface area contributed by atoms with Gasteiger partial charge in [-0.3, -0.25) is 4.90 Å². The summed E-state index contributed by atoms with van der Waals surface area (Å²) in [6.07, 6.45) is 2.29. The van der Waals surface area contributed by atoms with E-state index >= 15 is 0 Å². The molecule has 16 heavy (non-hydrogen) atoms. The highest BCUT2D eigenvalue weighted by Crippen LogP contribution is 2.05. The van der Waals surface area contributed by atoms with E-state index in [0.717, 1.165) is 26.1 Å². The van der Waals surface area contributed by atoms with Gasteiger partial charge in [0, 0.05) is 19.1 Å². The second kappa shape index (κ2) is 7.42. The van der Waals surface area contributed by atoms with Crippen LogP contribution in [0.15, 0.2) is 30.3 Å². The second-order valence-corrected chi connectivity index (χ2v) is 4.36. The van der Waals surface area contributed by atoms with Gasteiger partial charge in [0.05, 0.1) is 0 Å². The van der Waals surface area contributed by atoms with Gasteiger partial charge in [0.1, 0.15) is 0 Å². The number of hydrogen-bond donors (Lipinski definition) is 1. The molecule has 0 aliphatic heterocycles. The minimum absolute atomic E-state index is 0.314. The number of likely N-dealkylation sites (N-methyl/N-ethyl adjacent to an activating group) is 1. The fourth-order valence-corrected chi connectivity index (χ4v) is 1.94. The lowest BCUT2D eigenvalue weighted by Gasteiger charge is -2.24. The normalized spacial score (nSPS) is 13.0. The van der Waals surface area contributed by atoms with Crippen molar-refractivity contribution in [2.45, 2.75) is 39.3 Å². The van der Waals surface area contributed by atoms with Gasteiger partial charge < -0.3 is 5.73 Å². The maximum atomic E-state index is 6.07. The number of nitrogens with zero attached hydrogens (tertiary/aromatic N) is 1. The standard InChI is InChI=1S/C14H24N2/c1-3-8-14(15)12-16(4-2)11-13-9-6-5-7-10-13/h5-7,9-10,14H,3-4,8,11-12,15H2,1-2H3/t14-/m1/s1. The summed E-state index contributed by atoms with van der Waals surface area (Å²) in [5.74, 6) is 0. The van der Waals surface area contributed by atoms with E-state index in [1.807, 2.05) is 0 Å². The molecule has 0 saturated carbocycles. The molecule has 0 fully saturated rings. The summed E-state index contributed by atoms with van der Waals surface area (Å²) in [6.45, 7) is 7.45. The Balaban J connectivity index is 2.43. The molecule has 0 aliphatic rings. The zero-order valence-electron chi connectivity index (χ0n) is 10.5. The zero-order chi connectivity index (χ0) is 11.8. The molecular formula is C14H24N2. The Morgan fingerprint density at radius 1 is 1.19 bits per heavy atom. The van der Waals surface area contributed by atoms with Gasteiger partial charge >= 0.3 is 0 Å². The molecule has 0 saturated heterocycles. The maximum Gasteiger partial charge on any atom is 0.0234 e. The van der Waals surface area contributed by atoms with Gasteiger partial charge in [-0.25, -0.2) is 0 Å². The molecular weight excluding hydrogens is 196 g/mol. The molecule has 0 aromatic heterocycles. The SMILES string of the molecule is CCC[C@@H](N)CN(CC)Cc1ccccc1. The predicted octanol–water partition coefficient (Wildman–Crippen LogP) is 2.64. The van der Waals surface area contributed by atoms with E-state index in [4.69, 9.17) is 5.73 Å². The van der Waals surface area contributed by atoms with Crippen LogP contribution >= 0.6 is 0 Å². The van der Waals surface area contributed by atoms with E-state index in [1.54, 1.807) is 0 Å². The summed E-state index contributed by atoms with van der Waals surface area (Å²) in [4.78, 5) is 2.41. The fraction of sp³-hybridized carbons (Fsp3) is 0.571. The molecule has 2 nitrogen and oxygen atoms in total. The Morgan fingerprint density at radius 2 is 1.88 bits per heavy atom. The van der Waals surface area contributed by atoms with Crippen molar-refractivity contribution in [2.24, 2.45) is 5.73 Å². The van der Waals surface area contributed by atoms with Gasteiger partial charge in [-0.05, 0) is 18.5 Å². The van der Waals surface area contributed by atoms with Crippen LogP contribution in [0.25, 0.3) is 0 Å². The van der Waals surface area contributed by atoms with E-state index in [2.05, 4.69) is 49.1 Å². The highest BCUT2D eigenvalue weighted by molar-refractivity contribution is 5.14. The summed E-state index contributed by atoms with van der Waals surface area (Å²) in [5, 5.41) is 0. The first-order chi connectivity index (χ1) is 7.76.